The van der Waals surface area contributed by atoms with E-state index in [1.165, 1.54) is 30.3 Å². The van der Waals surface area contributed by atoms with Gasteiger partial charge in [0, 0.05) is 28.5 Å². The Morgan fingerprint density at radius 1 is 1.15 bits per heavy atom. The smallest absolute Gasteiger partial charge is 0.435 e. The molecule has 4 nitrogen and oxygen atoms in total. The summed E-state index contributed by atoms with van der Waals surface area (Å²) in [6.45, 7) is 0. The third kappa shape index (κ3) is 3.89. The first-order chi connectivity index (χ1) is 12.6. The van der Waals surface area contributed by atoms with Gasteiger partial charge in [-0.3, -0.25) is 0 Å². The summed E-state index contributed by atoms with van der Waals surface area (Å²) in [7, 11) is 0. The summed E-state index contributed by atoms with van der Waals surface area (Å²) < 4.78 is 41.6. The molecule has 0 aliphatic carbocycles. The third-order valence-electron chi connectivity index (χ3n) is 4.18. The summed E-state index contributed by atoms with van der Waals surface area (Å²) in [4.78, 5) is 15.8. The van der Waals surface area contributed by atoms with Crippen LogP contribution in [0.3, 0.4) is 0 Å². The van der Waals surface area contributed by atoms with Gasteiger partial charge in [-0.25, -0.2) is 4.79 Å². The largest absolute Gasteiger partial charge is 0.478 e. The van der Waals surface area contributed by atoms with Crippen molar-refractivity contribution in [1.29, 1.82) is 0 Å². The summed E-state index contributed by atoms with van der Waals surface area (Å²) in [5, 5.41) is 12.7. The van der Waals surface area contributed by atoms with Crippen LogP contribution in [0.25, 0.3) is 0 Å². The SMILES string of the molecule is O=C(O)c1ccc(CC2=NOC(c3cc(Cl)cc(Cl)c3)(C(F)(F)F)C2)cc1. The third-order valence-corrected chi connectivity index (χ3v) is 4.62. The Balaban J connectivity index is 1.87. The quantitative estimate of drug-likeness (QED) is 0.717. The zero-order valence-corrected chi connectivity index (χ0v) is 15.1. The highest BCUT2D eigenvalue weighted by atomic mass is 35.5. The average Bonchev–Trinajstić information content (AvgIpc) is 2.99. The van der Waals surface area contributed by atoms with Gasteiger partial charge in [-0.15, -0.1) is 0 Å². The van der Waals surface area contributed by atoms with E-state index in [2.05, 4.69) is 5.16 Å². The average molecular weight is 418 g/mol. The van der Waals surface area contributed by atoms with E-state index >= 15 is 0 Å². The van der Waals surface area contributed by atoms with Gasteiger partial charge < -0.3 is 9.94 Å². The van der Waals surface area contributed by atoms with E-state index < -0.39 is 24.2 Å². The molecule has 1 unspecified atom stereocenters. The molecule has 27 heavy (non-hydrogen) atoms. The van der Waals surface area contributed by atoms with Crippen molar-refractivity contribution in [2.45, 2.75) is 24.6 Å². The zero-order valence-electron chi connectivity index (χ0n) is 13.6. The summed E-state index contributed by atoms with van der Waals surface area (Å²) in [6, 6.07) is 9.44. The molecule has 1 heterocycles. The fourth-order valence-corrected chi connectivity index (χ4v) is 3.37. The molecule has 0 saturated carbocycles. The van der Waals surface area contributed by atoms with E-state index in [1.807, 2.05) is 0 Å². The van der Waals surface area contributed by atoms with Crippen LogP contribution in [0.15, 0.2) is 47.6 Å². The van der Waals surface area contributed by atoms with Crippen LogP contribution in [0.2, 0.25) is 10.0 Å². The lowest BCUT2D eigenvalue weighted by molar-refractivity contribution is -0.275. The van der Waals surface area contributed by atoms with Crippen molar-refractivity contribution in [2.75, 3.05) is 0 Å². The number of nitrogens with zero attached hydrogens (tertiary/aromatic N) is 1. The fraction of sp³-hybridized carbons (Fsp3) is 0.222. The highest BCUT2D eigenvalue weighted by Gasteiger charge is 2.62. The predicted octanol–water partition coefficient (Wildman–Crippen LogP) is 5.47. The molecule has 0 aromatic heterocycles. The first kappa shape index (κ1) is 19.5. The lowest BCUT2D eigenvalue weighted by Gasteiger charge is -2.29. The van der Waals surface area contributed by atoms with Crippen LogP contribution < -0.4 is 0 Å². The molecule has 2 aromatic rings. The molecule has 0 saturated heterocycles. The van der Waals surface area contributed by atoms with Gasteiger partial charge in [-0.2, -0.15) is 13.2 Å². The summed E-state index contributed by atoms with van der Waals surface area (Å²) in [6.07, 6.45) is -5.18. The number of hydrogen-bond donors (Lipinski definition) is 1. The maximum Gasteiger partial charge on any atom is 0.435 e. The molecule has 142 valence electrons. The maximum absolute atomic E-state index is 13.9. The molecule has 0 fully saturated rings. The lowest BCUT2D eigenvalue weighted by Crippen LogP contribution is -2.42. The van der Waals surface area contributed by atoms with Crippen LogP contribution in [-0.2, 0) is 16.9 Å². The van der Waals surface area contributed by atoms with Gasteiger partial charge in [-0.05, 0) is 35.9 Å². The molecule has 1 aliphatic heterocycles. The number of aromatic carboxylic acids is 1. The van der Waals surface area contributed by atoms with E-state index in [0.29, 0.717) is 5.56 Å². The van der Waals surface area contributed by atoms with Gasteiger partial charge in [0.1, 0.15) is 0 Å². The van der Waals surface area contributed by atoms with E-state index in [4.69, 9.17) is 33.1 Å². The van der Waals surface area contributed by atoms with Gasteiger partial charge in [0.25, 0.3) is 5.60 Å². The molecular formula is C18H12Cl2F3NO3. The number of carboxylic acid groups (broad SMARTS) is 1. The fourth-order valence-electron chi connectivity index (χ4n) is 2.85. The molecule has 0 amide bonds. The molecule has 3 rings (SSSR count). The summed E-state index contributed by atoms with van der Waals surface area (Å²) in [5.41, 5.74) is -2.03. The number of alkyl halides is 3. The topological polar surface area (TPSA) is 58.9 Å². The van der Waals surface area contributed by atoms with Crippen molar-refractivity contribution < 1.29 is 27.9 Å². The van der Waals surface area contributed by atoms with Crippen molar-refractivity contribution in [3.05, 3.63) is 69.2 Å². The van der Waals surface area contributed by atoms with E-state index in [-0.39, 0.29) is 33.3 Å². The Hall–Kier alpha value is -2.25. The standard InChI is InChI=1S/C18H12Cl2F3NO3/c19-13-6-12(7-14(20)8-13)17(18(21,22)23)9-15(24-27-17)5-10-1-3-11(4-2-10)16(25)26/h1-4,6-8H,5,9H2,(H,25,26). The molecule has 2 aromatic carbocycles. The highest BCUT2D eigenvalue weighted by molar-refractivity contribution is 6.34. The Kier molecular flexibility index (Phi) is 5.10. The molecule has 1 N–H and O–H groups in total. The van der Waals surface area contributed by atoms with Gasteiger partial charge in [0.05, 0.1) is 11.3 Å². The Bertz CT molecular complexity index is 893. The Morgan fingerprint density at radius 2 is 1.74 bits per heavy atom. The molecule has 1 atom stereocenters. The van der Waals surface area contributed by atoms with Crippen LogP contribution in [0, 0.1) is 0 Å². The van der Waals surface area contributed by atoms with Crippen molar-refractivity contribution in [3.8, 4) is 0 Å². The minimum Gasteiger partial charge on any atom is -0.478 e. The number of hydrogen-bond acceptors (Lipinski definition) is 3. The minimum absolute atomic E-state index is 0.0578. The number of rotatable bonds is 4. The van der Waals surface area contributed by atoms with Crippen LogP contribution >= 0.6 is 23.2 Å². The number of oxime groups is 1. The van der Waals surface area contributed by atoms with E-state index in [9.17, 15) is 18.0 Å². The van der Waals surface area contributed by atoms with Gasteiger partial charge in [-0.1, -0.05) is 40.5 Å². The maximum atomic E-state index is 13.9. The van der Waals surface area contributed by atoms with Gasteiger partial charge in [0.15, 0.2) is 0 Å². The monoisotopic (exact) mass is 417 g/mol. The molecule has 0 bridgehead atoms. The lowest BCUT2D eigenvalue weighted by atomic mass is 9.87. The highest BCUT2D eigenvalue weighted by Crippen LogP contribution is 2.49. The van der Waals surface area contributed by atoms with Gasteiger partial charge in [0.2, 0.25) is 0 Å². The van der Waals surface area contributed by atoms with Crippen LogP contribution in [0.4, 0.5) is 13.2 Å². The number of carboxylic acids is 1. The molecule has 9 heteroatoms. The molecule has 1 aliphatic rings. The van der Waals surface area contributed by atoms with Crippen LogP contribution in [0.5, 0.6) is 0 Å². The summed E-state index contributed by atoms with van der Waals surface area (Å²) in [5.74, 6) is -1.09. The zero-order chi connectivity index (χ0) is 19.8. The van der Waals surface area contributed by atoms with Crippen molar-refractivity contribution >= 4 is 34.9 Å². The predicted molar refractivity (Wildman–Crippen MR) is 94.4 cm³/mol. The number of carbonyl (C=O) groups is 1. The van der Waals surface area contributed by atoms with E-state index in [0.717, 1.165) is 12.1 Å². The van der Waals surface area contributed by atoms with Crippen LogP contribution in [0.1, 0.15) is 27.9 Å². The van der Waals surface area contributed by atoms with E-state index in [1.54, 1.807) is 0 Å². The second-order valence-corrected chi connectivity index (χ2v) is 6.96. The Morgan fingerprint density at radius 3 is 2.26 bits per heavy atom. The first-order valence-electron chi connectivity index (χ1n) is 7.70. The van der Waals surface area contributed by atoms with Gasteiger partial charge >= 0.3 is 12.1 Å². The number of benzene rings is 2. The summed E-state index contributed by atoms with van der Waals surface area (Å²) >= 11 is 11.7. The minimum atomic E-state index is -4.75. The normalized spacial score (nSPS) is 19.5. The molecule has 0 radical (unpaired) electrons. The number of halogens is 5. The van der Waals surface area contributed by atoms with Crippen molar-refractivity contribution in [1.82, 2.24) is 0 Å². The van der Waals surface area contributed by atoms with Crippen molar-refractivity contribution in [2.24, 2.45) is 5.16 Å². The Labute approximate surface area is 162 Å². The van der Waals surface area contributed by atoms with Crippen molar-refractivity contribution in [3.63, 3.8) is 0 Å². The second kappa shape index (κ2) is 7.05. The van der Waals surface area contributed by atoms with Crippen LogP contribution in [-0.4, -0.2) is 23.0 Å². The first-order valence-corrected chi connectivity index (χ1v) is 8.46. The second-order valence-electron chi connectivity index (χ2n) is 6.09. The molecular weight excluding hydrogens is 406 g/mol. The molecule has 0 spiro atoms.